The zero-order valence-electron chi connectivity index (χ0n) is 12.0. The van der Waals surface area contributed by atoms with Crippen molar-refractivity contribution in [2.75, 3.05) is 5.73 Å². The van der Waals surface area contributed by atoms with Gasteiger partial charge in [-0.1, -0.05) is 18.5 Å². The Morgan fingerprint density at radius 2 is 2.00 bits per heavy atom. The first-order valence-electron chi connectivity index (χ1n) is 6.48. The summed E-state index contributed by atoms with van der Waals surface area (Å²) in [6, 6.07) is 7.99. The molecule has 0 saturated heterocycles. The summed E-state index contributed by atoms with van der Waals surface area (Å²) in [5.74, 6) is -0.126. The molecule has 1 aromatic heterocycles. The fraction of sp³-hybridized carbons (Fsp3) is 0.133. The maximum absolute atomic E-state index is 11.7. The van der Waals surface area contributed by atoms with Crippen molar-refractivity contribution in [3.8, 4) is 23.8 Å². The van der Waals surface area contributed by atoms with Crippen molar-refractivity contribution in [2.24, 2.45) is 0 Å². The molecule has 114 valence electrons. The van der Waals surface area contributed by atoms with Gasteiger partial charge in [-0.2, -0.15) is 15.5 Å². The Labute approximate surface area is 136 Å². The van der Waals surface area contributed by atoms with E-state index in [2.05, 4.69) is 9.97 Å². The zero-order chi connectivity index (χ0) is 17.0. The highest BCUT2D eigenvalue weighted by Gasteiger charge is 2.15. The number of rotatable bonds is 4. The number of ketones is 1. The summed E-state index contributed by atoms with van der Waals surface area (Å²) >= 11 is 6.05. The van der Waals surface area contributed by atoms with Gasteiger partial charge in [-0.25, -0.2) is 4.98 Å². The molecule has 7 nitrogen and oxygen atoms in total. The van der Waals surface area contributed by atoms with Crippen LogP contribution in [0.5, 0.6) is 11.6 Å². The lowest BCUT2D eigenvalue weighted by Crippen LogP contribution is -2.04. The van der Waals surface area contributed by atoms with Gasteiger partial charge in [0.25, 0.3) is 5.88 Å². The average molecular weight is 328 g/mol. The van der Waals surface area contributed by atoms with Gasteiger partial charge in [0.1, 0.15) is 17.9 Å². The topological polar surface area (TPSA) is 126 Å². The summed E-state index contributed by atoms with van der Waals surface area (Å²) in [6.45, 7) is 1.73. The molecular weight excluding hydrogens is 318 g/mol. The summed E-state index contributed by atoms with van der Waals surface area (Å²) in [5, 5.41) is 18.1. The predicted molar refractivity (Wildman–Crippen MR) is 82.0 cm³/mol. The quantitative estimate of drug-likeness (QED) is 0.855. The molecule has 8 heteroatoms. The number of aromatic nitrogens is 2. The lowest BCUT2D eigenvalue weighted by atomic mass is 10.1. The number of nitriles is 2. The number of Topliss-reactive ketones (excluding diaryl/α,β-unsaturated/α-hetero) is 1. The van der Waals surface area contributed by atoms with Gasteiger partial charge in [-0.05, 0) is 12.1 Å². The fourth-order valence-electron chi connectivity index (χ4n) is 1.75. The first-order valence-corrected chi connectivity index (χ1v) is 6.86. The molecule has 1 heterocycles. The number of carbonyl (C=O) groups is 1. The first kappa shape index (κ1) is 16.2. The Hall–Kier alpha value is -3.16. The van der Waals surface area contributed by atoms with Crippen molar-refractivity contribution in [3.63, 3.8) is 0 Å². The van der Waals surface area contributed by atoms with Gasteiger partial charge in [0.15, 0.2) is 17.3 Å². The molecule has 2 aromatic rings. The second-order valence-electron chi connectivity index (χ2n) is 4.36. The molecule has 0 aliphatic rings. The SMILES string of the molecule is CCC(=O)c1ccc(Oc2nc(N)c(C#N)nc2C#N)cc1Cl. The molecule has 23 heavy (non-hydrogen) atoms. The van der Waals surface area contributed by atoms with Crippen LogP contribution in [-0.4, -0.2) is 15.8 Å². The number of anilines is 1. The van der Waals surface area contributed by atoms with Crippen LogP contribution in [0.2, 0.25) is 5.02 Å². The maximum Gasteiger partial charge on any atom is 0.258 e. The lowest BCUT2D eigenvalue weighted by Gasteiger charge is -2.09. The van der Waals surface area contributed by atoms with Crippen molar-refractivity contribution in [1.82, 2.24) is 9.97 Å². The molecule has 0 radical (unpaired) electrons. The van der Waals surface area contributed by atoms with E-state index in [1.54, 1.807) is 19.1 Å². The summed E-state index contributed by atoms with van der Waals surface area (Å²) in [4.78, 5) is 19.3. The summed E-state index contributed by atoms with van der Waals surface area (Å²) in [7, 11) is 0. The van der Waals surface area contributed by atoms with Gasteiger partial charge >= 0.3 is 0 Å². The monoisotopic (exact) mass is 327 g/mol. The third kappa shape index (κ3) is 3.37. The third-order valence-electron chi connectivity index (χ3n) is 2.88. The maximum atomic E-state index is 11.7. The van der Waals surface area contributed by atoms with Crippen LogP contribution >= 0.6 is 11.6 Å². The minimum absolute atomic E-state index is 0.0957. The number of halogens is 1. The van der Waals surface area contributed by atoms with Crippen molar-refractivity contribution in [3.05, 3.63) is 40.2 Å². The van der Waals surface area contributed by atoms with E-state index in [-0.39, 0.29) is 39.6 Å². The van der Waals surface area contributed by atoms with Crippen LogP contribution in [0.25, 0.3) is 0 Å². The lowest BCUT2D eigenvalue weighted by molar-refractivity contribution is 0.0988. The Morgan fingerprint density at radius 3 is 2.57 bits per heavy atom. The highest BCUT2D eigenvalue weighted by molar-refractivity contribution is 6.34. The van der Waals surface area contributed by atoms with E-state index in [9.17, 15) is 4.79 Å². The normalized spacial score (nSPS) is 9.74. The second kappa shape index (κ2) is 6.73. The average Bonchev–Trinajstić information content (AvgIpc) is 2.54. The first-order chi connectivity index (χ1) is 11.0. The third-order valence-corrected chi connectivity index (χ3v) is 3.19. The largest absolute Gasteiger partial charge is 0.436 e. The van der Waals surface area contributed by atoms with Gasteiger partial charge < -0.3 is 10.5 Å². The predicted octanol–water partition coefficient (Wildman–Crippen LogP) is 2.84. The fourth-order valence-corrected chi connectivity index (χ4v) is 2.02. The zero-order valence-corrected chi connectivity index (χ0v) is 12.8. The van der Waals surface area contributed by atoms with Crippen molar-refractivity contribution in [2.45, 2.75) is 13.3 Å². The Kier molecular flexibility index (Phi) is 4.75. The van der Waals surface area contributed by atoms with E-state index in [0.29, 0.717) is 12.0 Å². The Bertz CT molecular complexity index is 867. The van der Waals surface area contributed by atoms with Crippen molar-refractivity contribution >= 4 is 23.2 Å². The van der Waals surface area contributed by atoms with Crippen LogP contribution in [0, 0.1) is 22.7 Å². The molecule has 1 aromatic carbocycles. The molecule has 0 aliphatic carbocycles. The van der Waals surface area contributed by atoms with Gasteiger partial charge in [0.05, 0.1) is 5.02 Å². The molecule has 0 spiro atoms. The minimum Gasteiger partial charge on any atom is -0.436 e. The summed E-state index contributed by atoms with van der Waals surface area (Å²) in [6.07, 6.45) is 0.329. The van der Waals surface area contributed by atoms with Crippen LogP contribution in [0.15, 0.2) is 18.2 Å². The second-order valence-corrected chi connectivity index (χ2v) is 4.76. The molecule has 2 N–H and O–H groups in total. The standard InChI is InChI=1S/C15H10ClN5O2/c1-2-13(22)9-4-3-8(5-10(9)16)23-15-12(7-18)20-11(6-17)14(19)21-15/h3-5H,2H2,1H3,(H2,19,21). The van der Waals surface area contributed by atoms with Crippen LogP contribution in [-0.2, 0) is 0 Å². The molecule has 0 bridgehead atoms. The molecule has 0 unspecified atom stereocenters. The van der Waals surface area contributed by atoms with Gasteiger partial charge in [-0.15, -0.1) is 0 Å². The number of hydrogen-bond donors (Lipinski definition) is 1. The Balaban J connectivity index is 2.39. The number of nitrogens with zero attached hydrogens (tertiary/aromatic N) is 4. The molecule has 0 fully saturated rings. The smallest absolute Gasteiger partial charge is 0.258 e. The van der Waals surface area contributed by atoms with Crippen LogP contribution in [0.1, 0.15) is 35.1 Å². The molecule has 0 aliphatic heterocycles. The van der Waals surface area contributed by atoms with Gasteiger partial charge in [0, 0.05) is 18.1 Å². The van der Waals surface area contributed by atoms with E-state index < -0.39 is 0 Å². The van der Waals surface area contributed by atoms with Crippen LogP contribution < -0.4 is 10.5 Å². The molecule has 0 saturated carbocycles. The molecule has 2 rings (SSSR count). The van der Waals surface area contributed by atoms with Crippen LogP contribution in [0.4, 0.5) is 5.82 Å². The molecular formula is C15H10ClN5O2. The number of hydrogen-bond acceptors (Lipinski definition) is 7. The molecule has 0 atom stereocenters. The number of benzene rings is 1. The van der Waals surface area contributed by atoms with Crippen molar-refractivity contribution in [1.29, 1.82) is 10.5 Å². The summed E-state index contributed by atoms with van der Waals surface area (Å²) in [5.41, 5.74) is 5.61. The van der Waals surface area contributed by atoms with E-state index in [1.807, 2.05) is 0 Å². The van der Waals surface area contributed by atoms with Crippen molar-refractivity contribution < 1.29 is 9.53 Å². The number of ether oxygens (including phenoxy) is 1. The van der Waals surface area contributed by atoms with Crippen LogP contribution in [0.3, 0.4) is 0 Å². The van der Waals surface area contributed by atoms with E-state index in [0.717, 1.165) is 0 Å². The highest BCUT2D eigenvalue weighted by atomic mass is 35.5. The Morgan fingerprint density at radius 1 is 1.30 bits per heavy atom. The summed E-state index contributed by atoms with van der Waals surface area (Å²) < 4.78 is 5.45. The van der Waals surface area contributed by atoms with E-state index in [1.165, 1.54) is 18.2 Å². The van der Waals surface area contributed by atoms with E-state index >= 15 is 0 Å². The number of nitrogens with two attached hydrogens (primary N) is 1. The molecule has 0 amide bonds. The minimum atomic E-state index is -0.180. The number of nitrogen functional groups attached to an aromatic ring is 1. The van der Waals surface area contributed by atoms with Gasteiger partial charge in [0.2, 0.25) is 5.69 Å². The number of carbonyl (C=O) groups excluding carboxylic acids is 1. The van der Waals surface area contributed by atoms with E-state index in [4.69, 9.17) is 32.6 Å². The van der Waals surface area contributed by atoms with Gasteiger partial charge in [-0.3, -0.25) is 4.79 Å². The highest BCUT2D eigenvalue weighted by Crippen LogP contribution is 2.28.